The average Bonchev–Trinajstić information content (AvgIpc) is 2.46. The topological polar surface area (TPSA) is 33.1 Å². The zero-order valence-electron chi connectivity index (χ0n) is 11.2. The smallest absolute Gasteiger partial charge is 0.534 e. The molecule has 0 radical (unpaired) electrons. The number of para-hydroxylation sites is 1. The number of aromatic nitrogens is 1. The number of phenolic OH excluding ortho intramolecular Hbond substituents is 1. The van der Waals surface area contributed by atoms with E-state index < -0.39 is 0 Å². The monoisotopic (exact) mass is 285 g/mol. The van der Waals surface area contributed by atoms with Crippen LogP contribution in [-0.4, -0.2) is 10.1 Å². The van der Waals surface area contributed by atoms with Gasteiger partial charge in [-0.15, -0.1) is 23.8 Å². The second-order valence-corrected chi connectivity index (χ2v) is 4.27. The fourth-order valence-electron chi connectivity index (χ4n) is 1.89. The van der Waals surface area contributed by atoms with E-state index in [1.165, 1.54) is 0 Å². The number of nitrogens with zero attached hydrogens (tertiary/aromatic N) is 1. The molecule has 1 N–H and O–H groups in total. The van der Waals surface area contributed by atoms with Crippen molar-refractivity contribution < 1.29 is 56.5 Å². The molecule has 0 saturated heterocycles. The third kappa shape index (κ3) is 3.78. The van der Waals surface area contributed by atoms with Crippen molar-refractivity contribution in [3.63, 3.8) is 0 Å². The van der Waals surface area contributed by atoms with E-state index in [-0.39, 0.29) is 57.1 Å². The largest absolute Gasteiger partial charge is 1.00 e. The van der Waals surface area contributed by atoms with Gasteiger partial charge in [0.2, 0.25) is 0 Å². The third-order valence-electron chi connectivity index (χ3n) is 2.89. The molecule has 92 valence electrons. The predicted octanol–water partition coefficient (Wildman–Crippen LogP) is 0.915. The van der Waals surface area contributed by atoms with Crippen molar-refractivity contribution >= 4 is 23.1 Å². The van der Waals surface area contributed by atoms with E-state index in [4.69, 9.17) is 5.11 Å². The van der Waals surface area contributed by atoms with Crippen LogP contribution in [0.4, 0.5) is 0 Å². The van der Waals surface area contributed by atoms with Crippen LogP contribution in [0.15, 0.2) is 54.6 Å². The molecule has 3 heteroatoms. The Morgan fingerprint density at radius 3 is 2.60 bits per heavy atom. The van der Waals surface area contributed by atoms with E-state index >= 15 is 0 Å². The molecular weight excluding hydrogens is 273 g/mol. The van der Waals surface area contributed by atoms with E-state index in [0.717, 1.165) is 22.2 Å². The maximum atomic E-state index is 9.17. The maximum Gasteiger partial charge on any atom is 1.00 e. The van der Waals surface area contributed by atoms with Crippen LogP contribution in [0.3, 0.4) is 0 Å². The minimum atomic E-state index is 0. The maximum absolute atomic E-state index is 9.17. The van der Waals surface area contributed by atoms with E-state index in [9.17, 15) is 0 Å². The molecule has 0 amide bonds. The summed E-state index contributed by atoms with van der Waals surface area (Å²) in [6.07, 6.45) is 3.90. The Morgan fingerprint density at radius 1 is 0.950 bits per heavy atom. The minimum Gasteiger partial charge on any atom is -0.534 e. The van der Waals surface area contributed by atoms with Gasteiger partial charge in [-0.3, -0.25) is 0 Å². The molecule has 0 spiro atoms. The summed E-state index contributed by atoms with van der Waals surface area (Å²) in [6, 6.07) is 20.0. The molecule has 0 aliphatic rings. The summed E-state index contributed by atoms with van der Waals surface area (Å²) in [5, 5.41) is 10.3. The van der Waals surface area contributed by atoms with Gasteiger partial charge in [-0.25, -0.2) is 4.98 Å². The molecule has 1 heterocycles. The summed E-state index contributed by atoms with van der Waals surface area (Å²) >= 11 is 0. The normalized spacial score (nSPS) is 10.6. The molecule has 0 bridgehead atoms. The van der Waals surface area contributed by atoms with Crippen molar-refractivity contribution in [1.29, 1.82) is 0 Å². The van der Waals surface area contributed by atoms with Crippen molar-refractivity contribution in [3.8, 4) is 5.75 Å². The molecule has 1 aromatic heterocycles. The second kappa shape index (κ2) is 7.15. The molecule has 2 nitrogen and oxygen atoms in total. The van der Waals surface area contributed by atoms with Gasteiger partial charge < -0.3 is 5.11 Å². The van der Waals surface area contributed by atoms with Crippen LogP contribution in [-0.2, 0) is 0 Å². The van der Waals surface area contributed by atoms with Gasteiger partial charge in [0.1, 0.15) is 0 Å². The minimum absolute atomic E-state index is 0. The van der Waals surface area contributed by atoms with Crippen LogP contribution in [0, 0.1) is 6.07 Å². The molecule has 0 atom stereocenters. The van der Waals surface area contributed by atoms with Crippen LogP contribution in [0.2, 0.25) is 0 Å². The predicted molar refractivity (Wildman–Crippen MR) is 77.6 cm³/mol. The third-order valence-corrected chi connectivity index (χ3v) is 2.89. The summed E-state index contributed by atoms with van der Waals surface area (Å²) in [7, 11) is 0. The Labute approximate surface area is 160 Å². The molecule has 0 fully saturated rings. The van der Waals surface area contributed by atoms with Crippen LogP contribution >= 0.6 is 0 Å². The number of rotatable bonds is 2. The molecule has 2 aromatic carbocycles. The molecule has 0 aliphatic carbocycles. The summed E-state index contributed by atoms with van der Waals surface area (Å²) in [6.45, 7) is 0. The number of fused-ring (bicyclic) bond motifs is 1. The Kier molecular flexibility index (Phi) is 5.51. The summed E-state index contributed by atoms with van der Waals surface area (Å²) in [5.41, 5.74) is 2.88. The van der Waals surface area contributed by atoms with E-state index in [1.54, 1.807) is 12.1 Å². The SMILES string of the molecule is Oc1[c-]cc(/C=C/c2ccc3ccccc3n2)cc1.[K+]. The summed E-state index contributed by atoms with van der Waals surface area (Å²) in [5.74, 6) is 0.154. The number of aromatic hydroxyl groups is 1. The molecule has 0 saturated carbocycles. The number of pyridine rings is 1. The Morgan fingerprint density at radius 2 is 1.80 bits per heavy atom. The molecule has 20 heavy (non-hydrogen) atoms. The first-order chi connectivity index (χ1) is 9.31. The van der Waals surface area contributed by atoms with E-state index in [1.807, 2.05) is 48.6 Å². The van der Waals surface area contributed by atoms with Crippen molar-refractivity contribution in [2.24, 2.45) is 0 Å². The van der Waals surface area contributed by atoms with Crippen molar-refractivity contribution in [2.75, 3.05) is 0 Å². The molecule has 0 aliphatic heterocycles. The Balaban J connectivity index is 0.00000147. The number of phenols is 1. The number of hydrogen-bond donors (Lipinski definition) is 1. The summed E-state index contributed by atoms with van der Waals surface area (Å²) < 4.78 is 0. The van der Waals surface area contributed by atoms with Crippen LogP contribution in [0.25, 0.3) is 23.1 Å². The van der Waals surface area contributed by atoms with Gasteiger partial charge in [0.25, 0.3) is 0 Å². The second-order valence-electron chi connectivity index (χ2n) is 4.27. The average molecular weight is 285 g/mol. The van der Waals surface area contributed by atoms with Gasteiger partial charge in [-0.2, -0.15) is 12.1 Å². The number of hydrogen-bond acceptors (Lipinski definition) is 2. The zero-order valence-corrected chi connectivity index (χ0v) is 14.4. The fourth-order valence-corrected chi connectivity index (χ4v) is 1.89. The van der Waals surface area contributed by atoms with Gasteiger partial charge in [-0.1, -0.05) is 24.3 Å². The zero-order chi connectivity index (χ0) is 13.1. The fraction of sp³-hybridized carbons (Fsp3) is 0. The van der Waals surface area contributed by atoms with Crippen molar-refractivity contribution in [2.45, 2.75) is 0 Å². The Bertz CT molecular complexity index is 735. The Hall–Kier alpha value is -0.974. The van der Waals surface area contributed by atoms with Crippen molar-refractivity contribution in [1.82, 2.24) is 4.98 Å². The van der Waals surface area contributed by atoms with Gasteiger partial charge in [0, 0.05) is 11.1 Å². The first kappa shape index (κ1) is 15.4. The van der Waals surface area contributed by atoms with Gasteiger partial charge >= 0.3 is 51.4 Å². The van der Waals surface area contributed by atoms with Gasteiger partial charge in [0.15, 0.2) is 0 Å². The quantitative estimate of drug-likeness (QED) is 0.561. The van der Waals surface area contributed by atoms with Crippen molar-refractivity contribution in [3.05, 3.63) is 71.9 Å². The van der Waals surface area contributed by atoms with Crippen LogP contribution in [0.1, 0.15) is 11.3 Å². The van der Waals surface area contributed by atoms with Gasteiger partial charge in [0.05, 0.1) is 11.2 Å². The first-order valence-corrected chi connectivity index (χ1v) is 6.06. The van der Waals surface area contributed by atoms with Gasteiger partial charge in [-0.05, 0) is 18.2 Å². The molecule has 3 aromatic rings. The van der Waals surface area contributed by atoms with Crippen LogP contribution in [0.5, 0.6) is 5.75 Å². The first-order valence-electron chi connectivity index (χ1n) is 6.06. The molecule has 0 unspecified atom stereocenters. The molecular formula is C17H12KNO. The number of benzene rings is 2. The molecule has 3 rings (SSSR count). The van der Waals surface area contributed by atoms with Crippen LogP contribution < -0.4 is 51.4 Å². The standard InChI is InChI=1S/C17H12NO.K/c19-16-11-6-13(7-12-16)5-9-15-10-8-14-3-1-2-4-17(14)18-15;/h1-11,19H;/q-1;+1/b9-5+;. The summed E-state index contributed by atoms with van der Waals surface area (Å²) in [4.78, 5) is 4.56. The van der Waals surface area contributed by atoms with E-state index in [0.29, 0.717) is 0 Å². The van der Waals surface area contributed by atoms with E-state index in [2.05, 4.69) is 17.1 Å².